The van der Waals surface area contributed by atoms with E-state index in [9.17, 15) is 9.18 Å². The van der Waals surface area contributed by atoms with Gasteiger partial charge in [0, 0.05) is 6.04 Å². The van der Waals surface area contributed by atoms with Gasteiger partial charge in [0.05, 0.1) is 6.21 Å². The number of halogens is 1. The zero-order valence-electron chi connectivity index (χ0n) is 11.4. The Morgan fingerprint density at radius 2 is 2.21 bits per heavy atom. The van der Waals surface area contributed by atoms with E-state index in [-0.39, 0.29) is 24.4 Å². The molecule has 0 radical (unpaired) electrons. The summed E-state index contributed by atoms with van der Waals surface area (Å²) >= 11 is 0. The van der Waals surface area contributed by atoms with Crippen LogP contribution < -0.4 is 5.32 Å². The van der Waals surface area contributed by atoms with Crippen molar-refractivity contribution >= 4 is 12.1 Å². The molecule has 5 heteroatoms. The molecule has 0 heterocycles. The lowest BCUT2D eigenvalue weighted by molar-refractivity contribution is -0.126. The van der Waals surface area contributed by atoms with Crippen LogP contribution in [0.2, 0.25) is 0 Å². The van der Waals surface area contributed by atoms with Crippen LogP contribution in [-0.4, -0.2) is 24.8 Å². The Labute approximate surface area is 112 Å². The molecule has 1 aromatic rings. The van der Waals surface area contributed by atoms with Crippen molar-refractivity contribution in [1.82, 2.24) is 5.32 Å². The highest BCUT2D eigenvalue weighted by atomic mass is 19.1. The molecular formula is C14H19FN2O2. The number of oxime groups is 1. The van der Waals surface area contributed by atoms with Gasteiger partial charge in [-0.3, -0.25) is 4.79 Å². The molecule has 0 spiro atoms. The van der Waals surface area contributed by atoms with Crippen LogP contribution in [0, 0.1) is 11.7 Å². The standard InChI is InChI=1S/C14H19FN2O2/c1-10(2)11(3)17-14(18)9-19-16-8-12-5-4-6-13(15)7-12/h4-8,10-11H,9H2,1-3H3,(H,17,18)/b16-8-/t11-/m1/s1. The topological polar surface area (TPSA) is 50.7 Å². The number of rotatable bonds is 6. The lowest BCUT2D eigenvalue weighted by Gasteiger charge is -2.16. The maximum atomic E-state index is 12.9. The number of nitrogens with zero attached hydrogens (tertiary/aromatic N) is 1. The fourth-order valence-electron chi connectivity index (χ4n) is 1.24. The number of amides is 1. The van der Waals surface area contributed by atoms with Crippen LogP contribution in [0.5, 0.6) is 0 Å². The maximum absolute atomic E-state index is 12.9. The van der Waals surface area contributed by atoms with Crippen LogP contribution in [0.1, 0.15) is 26.3 Å². The van der Waals surface area contributed by atoms with E-state index in [2.05, 4.69) is 10.5 Å². The van der Waals surface area contributed by atoms with Crippen LogP contribution in [0.3, 0.4) is 0 Å². The van der Waals surface area contributed by atoms with E-state index < -0.39 is 0 Å². The van der Waals surface area contributed by atoms with Gasteiger partial charge in [-0.15, -0.1) is 0 Å². The molecule has 0 aliphatic heterocycles. The molecule has 104 valence electrons. The number of hydrogen-bond donors (Lipinski definition) is 1. The van der Waals surface area contributed by atoms with Crippen molar-refractivity contribution in [1.29, 1.82) is 0 Å². The number of hydrogen-bond acceptors (Lipinski definition) is 3. The van der Waals surface area contributed by atoms with Gasteiger partial charge in [-0.25, -0.2) is 4.39 Å². The smallest absolute Gasteiger partial charge is 0.260 e. The summed E-state index contributed by atoms with van der Waals surface area (Å²) in [6.07, 6.45) is 1.36. The van der Waals surface area contributed by atoms with Crippen molar-refractivity contribution in [3.8, 4) is 0 Å². The summed E-state index contributed by atoms with van der Waals surface area (Å²) < 4.78 is 12.9. The lowest BCUT2D eigenvalue weighted by Crippen LogP contribution is -2.38. The minimum absolute atomic E-state index is 0.0864. The van der Waals surface area contributed by atoms with Crippen molar-refractivity contribution in [2.45, 2.75) is 26.8 Å². The second-order valence-corrected chi connectivity index (χ2v) is 4.66. The fraction of sp³-hybridized carbons (Fsp3) is 0.429. The predicted octanol–water partition coefficient (Wildman–Crippen LogP) is 2.34. The first-order valence-corrected chi connectivity index (χ1v) is 6.19. The van der Waals surface area contributed by atoms with E-state index in [4.69, 9.17) is 4.84 Å². The van der Waals surface area contributed by atoms with Gasteiger partial charge in [-0.2, -0.15) is 0 Å². The van der Waals surface area contributed by atoms with E-state index in [0.29, 0.717) is 11.5 Å². The van der Waals surface area contributed by atoms with Gasteiger partial charge in [-0.1, -0.05) is 31.1 Å². The van der Waals surface area contributed by atoms with Crippen LogP contribution in [0.15, 0.2) is 29.4 Å². The van der Waals surface area contributed by atoms with Gasteiger partial charge in [0.25, 0.3) is 5.91 Å². The Bertz CT molecular complexity index is 447. The molecule has 4 nitrogen and oxygen atoms in total. The average Bonchev–Trinajstić information content (AvgIpc) is 2.34. The van der Waals surface area contributed by atoms with E-state index in [1.807, 2.05) is 20.8 Å². The van der Waals surface area contributed by atoms with Crippen LogP contribution in [-0.2, 0) is 9.63 Å². The highest BCUT2D eigenvalue weighted by Gasteiger charge is 2.10. The number of carbonyl (C=O) groups excluding carboxylic acids is 1. The zero-order valence-corrected chi connectivity index (χ0v) is 11.4. The second kappa shape index (κ2) is 7.51. The number of carbonyl (C=O) groups is 1. The van der Waals surface area contributed by atoms with E-state index >= 15 is 0 Å². The van der Waals surface area contributed by atoms with Crippen molar-refractivity contribution in [2.75, 3.05) is 6.61 Å². The van der Waals surface area contributed by atoms with E-state index in [0.717, 1.165) is 0 Å². The SMILES string of the molecule is CC(C)[C@@H](C)NC(=O)CO/N=C\c1cccc(F)c1. The summed E-state index contributed by atoms with van der Waals surface area (Å²) in [4.78, 5) is 16.3. The third-order valence-electron chi connectivity index (χ3n) is 2.71. The molecule has 0 bridgehead atoms. The molecule has 1 rings (SSSR count). The largest absolute Gasteiger partial charge is 0.386 e. The Hall–Kier alpha value is -1.91. The van der Waals surface area contributed by atoms with Gasteiger partial charge >= 0.3 is 0 Å². The molecule has 0 saturated heterocycles. The van der Waals surface area contributed by atoms with Gasteiger partial charge in [0.2, 0.25) is 0 Å². The Morgan fingerprint density at radius 1 is 1.47 bits per heavy atom. The molecule has 0 fully saturated rings. The summed E-state index contributed by atoms with van der Waals surface area (Å²) in [6.45, 7) is 5.82. The monoisotopic (exact) mass is 266 g/mol. The van der Waals surface area contributed by atoms with Gasteiger partial charge < -0.3 is 10.2 Å². The first-order valence-electron chi connectivity index (χ1n) is 6.19. The second-order valence-electron chi connectivity index (χ2n) is 4.66. The summed E-state index contributed by atoms with van der Waals surface area (Å²) in [5.41, 5.74) is 0.580. The summed E-state index contributed by atoms with van der Waals surface area (Å²) in [7, 11) is 0. The zero-order chi connectivity index (χ0) is 14.3. The van der Waals surface area contributed by atoms with Crippen molar-refractivity contribution in [3.05, 3.63) is 35.6 Å². The Balaban J connectivity index is 2.32. The molecule has 1 atom stereocenters. The van der Waals surface area contributed by atoms with Crippen molar-refractivity contribution < 1.29 is 14.0 Å². The highest BCUT2D eigenvalue weighted by Crippen LogP contribution is 2.01. The maximum Gasteiger partial charge on any atom is 0.260 e. The summed E-state index contributed by atoms with van der Waals surface area (Å²) in [6, 6.07) is 6.03. The van der Waals surface area contributed by atoms with Crippen LogP contribution >= 0.6 is 0 Å². The van der Waals surface area contributed by atoms with Gasteiger partial charge in [0.15, 0.2) is 6.61 Å². The quantitative estimate of drug-likeness (QED) is 0.634. The molecular weight excluding hydrogens is 247 g/mol. The van der Waals surface area contributed by atoms with E-state index in [1.54, 1.807) is 12.1 Å². The van der Waals surface area contributed by atoms with Crippen molar-refractivity contribution in [3.63, 3.8) is 0 Å². The third-order valence-corrected chi connectivity index (χ3v) is 2.71. The molecule has 1 N–H and O–H groups in total. The van der Waals surface area contributed by atoms with Crippen LogP contribution in [0.25, 0.3) is 0 Å². The number of benzene rings is 1. The highest BCUT2D eigenvalue weighted by molar-refractivity contribution is 5.79. The third kappa shape index (κ3) is 5.99. The Morgan fingerprint density at radius 3 is 2.84 bits per heavy atom. The molecule has 0 saturated carbocycles. The van der Waals surface area contributed by atoms with Gasteiger partial charge in [0.1, 0.15) is 5.82 Å². The van der Waals surface area contributed by atoms with Crippen molar-refractivity contribution in [2.24, 2.45) is 11.1 Å². The molecule has 0 unspecified atom stereocenters. The Kier molecular flexibility index (Phi) is 5.99. The normalized spacial score (nSPS) is 12.7. The first-order chi connectivity index (χ1) is 8.99. The molecule has 0 aliphatic carbocycles. The predicted molar refractivity (Wildman–Crippen MR) is 72.4 cm³/mol. The molecule has 0 aliphatic rings. The number of nitrogens with one attached hydrogen (secondary N) is 1. The lowest BCUT2D eigenvalue weighted by atomic mass is 10.1. The molecule has 1 amide bonds. The summed E-state index contributed by atoms with van der Waals surface area (Å²) in [5.74, 6) is -0.204. The van der Waals surface area contributed by atoms with Gasteiger partial charge in [-0.05, 0) is 30.5 Å². The minimum atomic E-state index is -0.340. The molecule has 1 aromatic carbocycles. The minimum Gasteiger partial charge on any atom is -0.386 e. The van der Waals surface area contributed by atoms with E-state index in [1.165, 1.54) is 18.3 Å². The first kappa shape index (κ1) is 15.1. The molecule has 19 heavy (non-hydrogen) atoms. The fourth-order valence-corrected chi connectivity index (χ4v) is 1.24. The van der Waals surface area contributed by atoms with Crippen LogP contribution in [0.4, 0.5) is 4.39 Å². The molecule has 0 aromatic heterocycles. The average molecular weight is 266 g/mol. The summed E-state index contributed by atoms with van der Waals surface area (Å²) in [5, 5.41) is 6.41.